The van der Waals surface area contributed by atoms with Crippen LogP contribution in [0.15, 0.2) is 33.5 Å². The minimum absolute atomic E-state index is 0.00995. The van der Waals surface area contributed by atoms with Crippen molar-refractivity contribution in [3.05, 3.63) is 40.2 Å². The first-order chi connectivity index (χ1) is 14.1. The van der Waals surface area contributed by atoms with Crippen LogP contribution in [0, 0.1) is 5.92 Å². The summed E-state index contributed by atoms with van der Waals surface area (Å²) >= 11 is 0. The van der Waals surface area contributed by atoms with Crippen LogP contribution in [0.3, 0.4) is 0 Å². The summed E-state index contributed by atoms with van der Waals surface area (Å²) in [4.78, 5) is 48.1. The summed E-state index contributed by atoms with van der Waals surface area (Å²) in [6.45, 7) is 5.14. The van der Waals surface area contributed by atoms with Crippen molar-refractivity contribution < 1.29 is 23.5 Å². The Labute approximate surface area is 173 Å². The largest absolute Gasteiger partial charge is 0.497 e. The average molecular weight is 417 g/mol. The van der Waals surface area contributed by atoms with E-state index in [2.05, 4.69) is 10.6 Å². The number of methoxy groups -OCH3 is 1. The summed E-state index contributed by atoms with van der Waals surface area (Å²) in [5.41, 5.74) is 5.69. The first-order valence-electron chi connectivity index (χ1n) is 9.58. The Morgan fingerprint density at radius 2 is 1.83 bits per heavy atom. The molecule has 0 unspecified atom stereocenters. The fourth-order valence-corrected chi connectivity index (χ4v) is 3.17. The maximum atomic E-state index is 12.7. The maximum Gasteiger partial charge on any atom is 0.336 e. The second-order valence-corrected chi connectivity index (χ2v) is 7.50. The fraction of sp³-hybridized carbons (Fsp3) is 0.429. The van der Waals surface area contributed by atoms with Crippen LogP contribution in [-0.2, 0) is 20.8 Å². The van der Waals surface area contributed by atoms with Gasteiger partial charge in [-0.05, 0) is 30.0 Å². The molecule has 0 fully saturated rings. The minimum Gasteiger partial charge on any atom is -0.497 e. The smallest absolute Gasteiger partial charge is 0.336 e. The Hall–Kier alpha value is -3.36. The molecule has 3 amide bonds. The predicted molar refractivity (Wildman–Crippen MR) is 111 cm³/mol. The van der Waals surface area contributed by atoms with Crippen molar-refractivity contribution in [2.45, 2.75) is 45.7 Å². The third kappa shape index (κ3) is 6.07. The number of benzene rings is 1. The number of amides is 3. The van der Waals surface area contributed by atoms with Crippen LogP contribution in [0.5, 0.6) is 5.75 Å². The highest BCUT2D eigenvalue weighted by Crippen LogP contribution is 2.23. The molecule has 0 saturated carbocycles. The number of primary amides is 1. The molecule has 2 aromatic rings. The van der Waals surface area contributed by atoms with Crippen molar-refractivity contribution in [3.63, 3.8) is 0 Å². The summed E-state index contributed by atoms with van der Waals surface area (Å²) in [5.74, 6) is -0.986. The number of nitrogens with one attached hydrogen (secondary N) is 2. The molecule has 4 N–H and O–H groups in total. The molecule has 0 bridgehead atoms. The lowest BCUT2D eigenvalue weighted by molar-refractivity contribution is -0.131. The Balaban J connectivity index is 2.31. The molecule has 2 atom stereocenters. The van der Waals surface area contributed by atoms with E-state index in [0.29, 0.717) is 28.7 Å². The van der Waals surface area contributed by atoms with Crippen molar-refractivity contribution in [1.29, 1.82) is 0 Å². The molecular formula is C21H27N3O6. The Kier molecular flexibility index (Phi) is 7.57. The highest BCUT2D eigenvalue weighted by molar-refractivity contribution is 5.92. The zero-order chi connectivity index (χ0) is 22.4. The molecule has 0 aliphatic heterocycles. The molecule has 162 valence electrons. The summed E-state index contributed by atoms with van der Waals surface area (Å²) in [6.07, 6.45) is 0.387. The summed E-state index contributed by atoms with van der Waals surface area (Å²) in [6, 6.07) is 4.34. The summed E-state index contributed by atoms with van der Waals surface area (Å²) < 4.78 is 10.3. The van der Waals surface area contributed by atoms with Gasteiger partial charge in [-0.3, -0.25) is 14.4 Å². The molecule has 30 heavy (non-hydrogen) atoms. The lowest BCUT2D eigenvalue weighted by Crippen LogP contribution is -2.53. The highest BCUT2D eigenvalue weighted by Gasteiger charge is 2.26. The van der Waals surface area contributed by atoms with Crippen molar-refractivity contribution >= 4 is 28.7 Å². The molecule has 0 saturated heterocycles. The molecule has 0 aliphatic rings. The number of ether oxygens (including phenoxy) is 1. The van der Waals surface area contributed by atoms with E-state index >= 15 is 0 Å². The van der Waals surface area contributed by atoms with Gasteiger partial charge in [-0.1, -0.05) is 13.8 Å². The molecule has 2 rings (SSSR count). The second-order valence-electron chi connectivity index (χ2n) is 7.50. The Morgan fingerprint density at radius 1 is 1.13 bits per heavy atom. The summed E-state index contributed by atoms with van der Waals surface area (Å²) in [7, 11) is 1.49. The van der Waals surface area contributed by atoms with Crippen LogP contribution < -0.4 is 26.7 Å². The van der Waals surface area contributed by atoms with E-state index < -0.39 is 29.5 Å². The van der Waals surface area contributed by atoms with Gasteiger partial charge in [-0.15, -0.1) is 0 Å². The first kappa shape index (κ1) is 22.9. The van der Waals surface area contributed by atoms with Gasteiger partial charge in [0, 0.05) is 30.9 Å². The molecule has 1 aromatic carbocycles. The van der Waals surface area contributed by atoms with Gasteiger partial charge < -0.3 is 25.5 Å². The van der Waals surface area contributed by atoms with E-state index in [9.17, 15) is 19.2 Å². The monoisotopic (exact) mass is 417 g/mol. The van der Waals surface area contributed by atoms with Crippen LogP contribution in [0.2, 0.25) is 0 Å². The average Bonchev–Trinajstić information content (AvgIpc) is 2.65. The molecule has 9 nitrogen and oxygen atoms in total. The standard InChI is InChI=1S/C21H27N3O6/c1-11(2)7-17(23-12(3)25)21(28)24-16(20(22)27)8-13-9-19(26)30-18-10-14(29-4)5-6-15(13)18/h5-6,9-11,16-17H,7-8H2,1-4H3,(H2,22,27)(H,23,25)(H,24,28)/t16-,17-/m0/s1. The number of hydrogen-bond acceptors (Lipinski definition) is 6. The molecule has 1 aromatic heterocycles. The van der Waals surface area contributed by atoms with Crippen molar-refractivity contribution in [3.8, 4) is 5.75 Å². The quantitative estimate of drug-likeness (QED) is 0.517. The van der Waals surface area contributed by atoms with Gasteiger partial charge in [0.25, 0.3) is 0 Å². The zero-order valence-corrected chi connectivity index (χ0v) is 17.5. The zero-order valence-electron chi connectivity index (χ0n) is 17.5. The number of carbonyl (C=O) groups excluding carboxylic acids is 3. The van der Waals surface area contributed by atoms with Crippen LogP contribution >= 0.6 is 0 Å². The summed E-state index contributed by atoms with van der Waals surface area (Å²) in [5, 5.41) is 5.78. The predicted octanol–water partition coefficient (Wildman–Crippen LogP) is 0.865. The number of fused-ring (bicyclic) bond motifs is 1. The van der Waals surface area contributed by atoms with Gasteiger partial charge in [0.1, 0.15) is 23.4 Å². The molecule has 0 radical (unpaired) electrons. The molecule has 9 heteroatoms. The number of hydrogen-bond donors (Lipinski definition) is 3. The van der Waals surface area contributed by atoms with E-state index in [1.165, 1.54) is 20.1 Å². The highest BCUT2D eigenvalue weighted by atomic mass is 16.5. The molecule has 0 aliphatic carbocycles. The number of nitrogens with two attached hydrogens (primary N) is 1. The molecule has 0 spiro atoms. The normalized spacial score (nSPS) is 13.0. The van der Waals surface area contributed by atoms with Crippen molar-refractivity contribution in [2.24, 2.45) is 11.7 Å². The van der Waals surface area contributed by atoms with Gasteiger partial charge in [0.2, 0.25) is 17.7 Å². The third-order valence-corrected chi connectivity index (χ3v) is 4.52. The number of carbonyl (C=O) groups is 3. The number of rotatable bonds is 9. The third-order valence-electron chi connectivity index (χ3n) is 4.52. The lowest BCUT2D eigenvalue weighted by atomic mass is 10.00. The van der Waals surface area contributed by atoms with Crippen LogP contribution in [0.1, 0.15) is 32.8 Å². The van der Waals surface area contributed by atoms with Gasteiger partial charge in [-0.2, -0.15) is 0 Å². The first-order valence-corrected chi connectivity index (χ1v) is 9.58. The SMILES string of the molecule is COc1ccc2c(C[C@H](NC(=O)[C@H](CC(C)C)NC(C)=O)C(N)=O)cc(=O)oc2c1. The van der Waals surface area contributed by atoms with E-state index in [1.807, 2.05) is 13.8 Å². The second kappa shape index (κ2) is 9.91. The van der Waals surface area contributed by atoms with Crippen LogP contribution in [0.25, 0.3) is 11.0 Å². The fourth-order valence-electron chi connectivity index (χ4n) is 3.17. The van der Waals surface area contributed by atoms with Gasteiger partial charge >= 0.3 is 5.63 Å². The van der Waals surface area contributed by atoms with Gasteiger partial charge in [0.05, 0.1) is 7.11 Å². The van der Waals surface area contributed by atoms with Gasteiger partial charge in [-0.25, -0.2) is 4.79 Å². The van der Waals surface area contributed by atoms with Gasteiger partial charge in [0.15, 0.2) is 0 Å². The van der Waals surface area contributed by atoms with E-state index in [-0.39, 0.29) is 18.2 Å². The van der Waals surface area contributed by atoms with E-state index in [0.717, 1.165) is 0 Å². The molecule has 1 heterocycles. The van der Waals surface area contributed by atoms with Crippen molar-refractivity contribution in [2.75, 3.05) is 7.11 Å². The van der Waals surface area contributed by atoms with E-state index in [1.54, 1.807) is 18.2 Å². The lowest BCUT2D eigenvalue weighted by Gasteiger charge is -2.23. The maximum absolute atomic E-state index is 12.7. The van der Waals surface area contributed by atoms with Crippen molar-refractivity contribution in [1.82, 2.24) is 10.6 Å². The topological polar surface area (TPSA) is 141 Å². The minimum atomic E-state index is -1.08. The Morgan fingerprint density at radius 3 is 2.40 bits per heavy atom. The van der Waals surface area contributed by atoms with Crippen LogP contribution in [0.4, 0.5) is 0 Å². The van der Waals surface area contributed by atoms with Crippen LogP contribution in [-0.4, -0.2) is 36.9 Å². The van der Waals surface area contributed by atoms with E-state index in [4.69, 9.17) is 14.9 Å². The Bertz CT molecular complexity index is 998. The molecular weight excluding hydrogens is 390 g/mol.